The van der Waals surface area contributed by atoms with Gasteiger partial charge >= 0.3 is 5.97 Å². The molecule has 19 heavy (non-hydrogen) atoms. The third-order valence-electron chi connectivity index (χ3n) is 3.65. The topological polar surface area (TPSA) is 63.7 Å². The molecule has 0 bridgehead atoms. The lowest BCUT2D eigenvalue weighted by Gasteiger charge is -2.26. The van der Waals surface area contributed by atoms with Crippen molar-refractivity contribution in [3.63, 3.8) is 0 Å². The van der Waals surface area contributed by atoms with Crippen molar-refractivity contribution >= 4 is 15.8 Å². The van der Waals surface area contributed by atoms with Gasteiger partial charge in [-0.1, -0.05) is 12.2 Å². The molecule has 0 spiro atoms. The van der Waals surface area contributed by atoms with E-state index in [0.717, 1.165) is 19.3 Å². The van der Waals surface area contributed by atoms with Crippen LogP contribution < -0.4 is 0 Å². The van der Waals surface area contributed by atoms with E-state index in [4.69, 9.17) is 4.74 Å². The van der Waals surface area contributed by atoms with Crippen LogP contribution in [0.15, 0.2) is 12.2 Å². The summed E-state index contributed by atoms with van der Waals surface area (Å²) in [6, 6.07) is 0. The molecule has 1 heterocycles. The lowest BCUT2D eigenvalue weighted by molar-refractivity contribution is -0.147. The minimum atomic E-state index is -2.83. The van der Waals surface area contributed by atoms with Crippen molar-refractivity contribution in [2.75, 3.05) is 37.7 Å². The first-order valence-corrected chi connectivity index (χ1v) is 8.65. The zero-order chi connectivity index (χ0) is 13.7. The summed E-state index contributed by atoms with van der Waals surface area (Å²) in [5.74, 6) is 0.189. The standard InChI is InChI=1S/C13H21NO4S/c15-13(12-4-2-1-3-5-12)18-9-6-14-7-10-19(16,17)11-8-14/h2,4,12H,1,3,5-11H2. The van der Waals surface area contributed by atoms with Crippen molar-refractivity contribution < 1.29 is 17.9 Å². The Kier molecular flexibility index (Phi) is 4.99. The molecule has 2 aliphatic rings. The zero-order valence-corrected chi connectivity index (χ0v) is 11.9. The summed E-state index contributed by atoms with van der Waals surface area (Å²) in [5, 5.41) is 0. The molecule has 1 atom stereocenters. The molecule has 0 saturated carbocycles. The Morgan fingerprint density at radius 2 is 2.05 bits per heavy atom. The smallest absolute Gasteiger partial charge is 0.312 e. The maximum absolute atomic E-state index is 11.8. The van der Waals surface area contributed by atoms with E-state index in [0.29, 0.717) is 26.2 Å². The predicted octanol–water partition coefficient (Wildman–Crippen LogP) is 0.616. The molecule has 1 unspecified atom stereocenters. The largest absolute Gasteiger partial charge is 0.464 e. The summed E-state index contributed by atoms with van der Waals surface area (Å²) in [5.41, 5.74) is 0. The fraction of sp³-hybridized carbons (Fsp3) is 0.769. The minimum absolute atomic E-state index is 0.0875. The number of sulfone groups is 1. The average Bonchev–Trinajstić information content (AvgIpc) is 2.41. The molecule has 1 aliphatic heterocycles. The first-order chi connectivity index (χ1) is 9.07. The highest BCUT2D eigenvalue weighted by Gasteiger charge is 2.22. The number of hydrogen-bond acceptors (Lipinski definition) is 5. The molecule has 108 valence electrons. The van der Waals surface area contributed by atoms with Gasteiger partial charge in [0.05, 0.1) is 17.4 Å². The number of hydrogen-bond donors (Lipinski definition) is 0. The van der Waals surface area contributed by atoms with Crippen molar-refractivity contribution in [1.29, 1.82) is 0 Å². The first kappa shape index (κ1) is 14.5. The Balaban J connectivity index is 1.65. The van der Waals surface area contributed by atoms with Gasteiger partial charge in [-0.05, 0) is 19.3 Å². The van der Waals surface area contributed by atoms with E-state index in [1.54, 1.807) is 0 Å². The number of carbonyl (C=O) groups excluding carboxylic acids is 1. The molecule has 1 aliphatic carbocycles. The zero-order valence-electron chi connectivity index (χ0n) is 11.1. The number of carbonyl (C=O) groups is 1. The van der Waals surface area contributed by atoms with Gasteiger partial charge in [0, 0.05) is 19.6 Å². The van der Waals surface area contributed by atoms with Crippen LogP contribution >= 0.6 is 0 Å². The Hall–Kier alpha value is -0.880. The molecule has 5 nitrogen and oxygen atoms in total. The summed E-state index contributed by atoms with van der Waals surface area (Å²) in [6.45, 7) is 2.06. The summed E-state index contributed by atoms with van der Waals surface area (Å²) in [6.07, 6.45) is 6.92. The fourth-order valence-corrected chi connectivity index (χ4v) is 3.64. The van der Waals surface area contributed by atoms with E-state index in [1.807, 2.05) is 17.1 Å². The van der Waals surface area contributed by atoms with Gasteiger partial charge in [-0.3, -0.25) is 9.69 Å². The van der Waals surface area contributed by atoms with Crippen molar-refractivity contribution in [2.45, 2.75) is 19.3 Å². The molecule has 0 N–H and O–H groups in total. The lowest BCUT2D eigenvalue weighted by Crippen LogP contribution is -2.42. The number of allylic oxidation sites excluding steroid dienone is 1. The monoisotopic (exact) mass is 287 g/mol. The first-order valence-electron chi connectivity index (χ1n) is 6.83. The Morgan fingerprint density at radius 3 is 2.68 bits per heavy atom. The van der Waals surface area contributed by atoms with Crippen molar-refractivity contribution in [2.24, 2.45) is 5.92 Å². The van der Waals surface area contributed by atoms with Gasteiger partial charge in [0.15, 0.2) is 9.84 Å². The summed E-state index contributed by atoms with van der Waals surface area (Å²) in [7, 11) is -2.83. The minimum Gasteiger partial charge on any atom is -0.464 e. The van der Waals surface area contributed by atoms with Gasteiger partial charge in [-0.25, -0.2) is 8.42 Å². The number of nitrogens with zero attached hydrogens (tertiary/aromatic N) is 1. The van der Waals surface area contributed by atoms with Crippen LogP contribution in [0.25, 0.3) is 0 Å². The average molecular weight is 287 g/mol. The van der Waals surface area contributed by atoms with Gasteiger partial charge in [0.2, 0.25) is 0 Å². The number of rotatable bonds is 4. The highest BCUT2D eigenvalue weighted by molar-refractivity contribution is 7.91. The van der Waals surface area contributed by atoms with E-state index in [9.17, 15) is 13.2 Å². The van der Waals surface area contributed by atoms with Crippen LogP contribution in [-0.2, 0) is 19.4 Å². The molecule has 1 fully saturated rings. The van der Waals surface area contributed by atoms with E-state index in [2.05, 4.69) is 0 Å². The molecular formula is C13H21NO4S. The molecule has 0 radical (unpaired) electrons. The Labute approximate surface area is 114 Å². The summed E-state index contributed by atoms with van der Waals surface area (Å²) >= 11 is 0. The van der Waals surface area contributed by atoms with Crippen LogP contribution in [0.2, 0.25) is 0 Å². The third kappa shape index (κ3) is 4.62. The number of ether oxygens (including phenoxy) is 1. The molecule has 0 aromatic heterocycles. The quantitative estimate of drug-likeness (QED) is 0.560. The highest BCUT2D eigenvalue weighted by Crippen LogP contribution is 2.18. The molecule has 6 heteroatoms. The van der Waals surface area contributed by atoms with E-state index in [-0.39, 0.29) is 23.4 Å². The van der Waals surface area contributed by atoms with Crippen molar-refractivity contribution in [3.05, 3.63) is 12.2 Å². The van der Waals surface area contributed by atoms with Crippen LogP contribution in [0.5, 0.6) is 0 Å². The van der Waals surface area contributed by atoms with Gasteiger partial charge in [0.25, 0.3) is 0 Å². The van der Waals surface area contributed by atoms with Crippen LogP contribution in [0.1, 0.15) is 19.3 Å². The van der Waals surface area contributed by atoms with Crippen molar-refractivity contribution in [3.8, 4) is 0 Å². The second-order valence-corrected chi connectivity index (χ2v) is 7.43. The van der Waals surface area contributed by atoms with Gasteiger partial charge in [-0.2, -0.15) is 0 Å². The van der Waals surface area contributed by atoms with Crippen LogP contribution in [0, 0.1) is 5.92 Å². The maximum Gasteiger partial charge on any atom is 0.312 e. The van der Waals surface area contributed by atoms with Gasteiger partial charge in [0.1, 0.15) is 6.61 Å². The lowest BCUT2D eigenvalue weighted by atomic mass is 9.96. The molecular weight excluding hydrogens is 266 g/mol. The maximum atomic E-state index is 11.8. The molecule has 0 aromatic carbocycles. The van der Waals surface area contributed by atoms with Gasteiger partial charge < -0.3 is 4.74 Å². The number of esters is 1. The van der Waals surface area contributed by atoms with Gasteiger partial charge in [-0.15, -0.1) is 0 Å². The van der Waals surface area contributed by atoms with E-state index >= 15 is 0 Å². The molecule has 0 aromatic rings. The van der Waals surface area contributed by atoms with Crippen LogP contribution in [0.4, 0.5) is 0 Å². The van der Waals surface area contributed by atoms with E-state index < -0.39 is 9.84 Å². The second-order valence-electron chi connectivity index (χ2n) is 5.13. The normalized spacial score (nSPS) is 27.1. The van der Waals surface area contributed by atoms with Crippen LogP contribution in [0.3, 0.4) is 0 Å². The van der Waals surface area contributed by atoms with E-state index in [1.165, 1.54) is 0 Å². The SMILES string of the molecule is O=C(OCCN1CCS(=O)(=O)CC1)C1C=CCCC1. The highest BCUT2D eigenvalue weighted by atomic mass is 32.2. The van der Waals surface area contributed by atoms with Crippen molar-refractivity contribution in [1.82, 2.24) is 4.90 Å². The molecule has 0 amide bonds. The second kappa shape index (κ2) is 6.52. The Bertz CT molecular complexity index is 430. The molecule has 1 saturated heterocycles. The fourth-order valence-electron chi connectivity index (χ4n) is 2.36. The van der Waals surface area contributed by atoms with Crippen LogP contribution in [-0.4, -0.2) is 57.0 Å². The predicted molar refractivity (Wildman–Crippen MR) is 72.5 cm³/mol. The summed E-state index contributed by atoms with van der Waals surface area (Å²) in [4.78, 5) is 13.8. The summed E-state index contributed by atoms with van der Waals surface area (Å²) < 4.78 is 27.8. The molecule has 2 rings (SSSR count). The Morgan fingerprint density at radius 1 is 1.32 bits per heavy atom. The third-order valence-corrected chi connectivity index (χ3v) is 5.26.